The fourth-order valence-electron chi connectivity index (χ4n) is 1.66. The molecule has 0 aromatic carbocycles. The second-order valence-corrected chi connectivity index (χ2v) is 5.29. The average Bonchev–Trinajstić information content (AvgIpc) is 2.68. The normalized spacial score (nSPS) is 12.7. The Labute approximate surface area is 111 Å². The van der Waals surface area contributed by atoms with Crippen molar-refractivity contribution < 1.29 is 5.11 Å². The molecule has 0 aliphatic carbocycles. The minimum atomic E-state index is -0.469. The van der Waals surface area contributed by atoms with Crippen LogP contribution in [0.5, 0.6) is 0 Å². The molecule has 0 spiro atoms. The van der Waals surface area contributed by atoms with Crippen LogP contribution in [0.3, 0.4) is 0 Å². The van der Waals surface area contributed by atoms with E-state index in [-0.39, 0.29) is 0 Å². The van der Waals surface area contributed by atoms with Gasteiger partial charge in [0.25, 0.3) is 0 Å². The Morgan fingerprint density at radius 1 is 1.44 bits per heavy atom. The summed E-state index contributed by atoms with van der Waals surface area (Å²) >= 11 is 1.62. The highest BCUT2D eigenvalue weighted by atomic mass is 32.2. The highest BCUT2D eigenvalue weighted by Gasteiger charge is 2.08. The van der Waals surface area contributed by atoms with E-state index in [2.05, 4.69) is 10.1 Å². The van der Waals surface area contributed by atoms with Crippen LogP contribution >= 0.6 is 11.8 Å². The average molecular weight is 263 g/mol. The Morgan fingerprint density at radius 2 is 2.22 bits per heavy atom. The van der Waals surface area contributed by atoms with Crippen LogP contribution in [0.1, 0.15) is 30.8 Å². The van der Waals surface area contributed by atoms with Crippen molar-refractivity contribution in [3.63, 3.8) is 0 Å². The van der Waals surface area contributed by atoms with Gasteiger partial charge >= 0.3 is 0 Å². The van der Waals surface area contributed by atoms with Crippen LogP contribution in [0.15, 0.2) is 34.3 Å². The quantitative estimate of drug-likeness (QED) is 0.921. The highest BCUT2D eigenvalue weighted by molar-refractivity contribution is 7.99. The molecule has 0 saturated heterocycles. The number of pyridine rings is 1. The number of rotatable bonds is 4. The summed E-state index contributed by atoms with van der Waals surface area (Å²) in [5, 5.41) is 15.1. The summed E-state index contributed by atoms with van der Waals surface area (Å²) in [6.45, 7) is 3.91. The van der Waals surface area contributed by atoms with Crippen molar-refractivity contribution in [2.45, 2.75) is 36.3 Å². The number of aromatic nitrogens is 3. The molecule has 0 saturated carbocycles. The Hall–Kier alpha value is -1.33. The maximum Gasteiger partial charge on any atom is 0.0987 e. The number of aryl methyl sites for hydroxylation is 2. The third-order valence-electron chi connectivity index (χ3n) is 2.67. The van der Waals surface area contributed by atoms with E-state index < -0.39 is 6.10 Å². The topological polar surface area (TPSA) is 50.9 Å². The molecule has 0 unspecified atom stereocenters. The lowest BCUT2D eigenvalue weighted by molar-refractivity contribution is 0.169. The first-order chi connectivity index (χ1) is 8.60. The van der Waals surface area contributed by atoms with Gasteiger partial charge in [-0.2, -0.15) is 5.10 Å². The molecule has 0 fully saturated rings. The molecule has 0 amide bonds. The van der Waals surface area contributed by atoms with Gasteiger partial charge in [-0.3, -0.25) is 9.67 Å². The molecule has 0 bridgehead atoms. The van der Waals surface area contributed by atoms with E-state index in [4.69, 9.17) is 0 Å². The van der Waals surface area contributed by atoms with Crippen LogP contribution in [0, 0.1) is 6.92 Å². The molecule has 0 radical (unpaired) electrons. The molecule has 0 aliphatic heterocycles. The zero-order chi connectivity index (χ0) is 13.1. The minimum absolute atomic E-state index is 0.469. The summed E-state index contributed by atoms with van der Waals surface area (Å²) in [5.74, 6) is 0. The summed E-state index contributed by atoms with van der Waals surface area (Å²) in [6.07, 6.45) is 2.00. The second kappa shape index (κ2) is 5.54. The Balaban J connectivity index is 2.13. The zero-order valence-corrected chi connectivity index (χ0v) is 11.6. The van der Waals surface area contributed by atoms with Gasteiger partial charge in [0.05, 0.1) is 22.5 Å². The number of aliphatic hydroxyl groups is 1. The van der Waals surface area contributed by atoms with Gasteiger partial charge in [0.1, 0.15) is 0 Å². The second-order valence-electron chi connectivity index (χ2n) is 4.19. The molecule has 18 heavy (non-hydrogen) atoms. The van der Waals surface area contributed by atoms with Crippen LogP contribution in [-0.4, -0.2) is 19.9 Å². The standard InChI is InChI=1S/C13H17N3OS/c1-4-12(17)11-6-5-10(8-14-11)18-13-7-9(2)15-16(13)3/h5-8,12,17H,4H2,1-3H3/t12-/m1/s1. The SMILES string of the molecule is CC[C@@H](O)c1ccc(Sc2cc(C)nn2C)cn1. The Morgan fingerprint density at radius 3 is 2.72 bits per heavy atom. The number of hydrogen-bond acceptors (Lipinski definition) is 4. The first kappa shape index (κ1) is 13.1. The summed E-state index contributed by atoms with van der Waals surface area (Å²) in [5.41, 5.74) is 1.73. The van der Waals surface area contributed by atoms with E-state index in [1.807, 2.05) is 43.8 Å². The minimum Gasteiger partial charge on any atom is -0.387 e. The van der Waals surface area contributed by atoms with Crippen molar-refractivity contribution in [2.24, 2.45) is 7.05 Å². The molecule has 5 heteroatoms. The largest absolute Gasteiger partial charge is 0.387 e. The van der Waals surface area contributed by atoms with E-state index in [0.29, 0.717) is 6.42 Å². The van der Waals surface area contributed by atoms with Gasteiger partial charge in [0.15, 0.2) is 0 Å². The van der Waals surface area contributed by atoms with Crippen molar-refractivity contribution in [1.29, 1.82) is 0 Å². The summed E-state index contributed by atoms with van der Waals surface area (Å²) in [7, 11) is 1.93. The van der Waals surface area contributed by atoms with Gasteiger partial charge in [0.2, 0.25) is 0 Å². The van der Waals surface area contributed by atoms with Gasteiger partial charge in [-0.05, 0) is 31.5 Å². The first-order valence-corrected chi connectivity index (χ1v) is 6.74. The smallest absolute Gasteiger partial charge is 0.0987 e. The molecule has 4 nitrogen and oxygen atoms in total. The molecular weight excluding hydrogens is 246 g/mol. The third-order valence-corrected chi connectivity index (χ3v) is 3.74. The van der Waals surface area contributed by atoms with E-state index in [1.165, 1.54) is 0 Å². The van der Waals surface area contributed by atoms with Crippen molar-refractivity contribution in [3.05, 3.63) is 35.8 Å². The molecule has 1 atom stereocenters. The van der Waals surface area contributed by atoms with Gasteiger partial charge in [-0.15, -0.1) is 0 Å². The fourth-order valence-corrected chi connectivity index (χ4v) is 2.55. The predicted octanol–water partition coefficient (Wildman–Crippen LogP) is 2.72. The summed E-state index contributed by atoms with van der Waals surface area (Å²) < 4.78 is 1.86. The van der Waals surface area contributed by atoms with E-state index >= 15 is 0 Å². The molecule has 96 valence electrons. The van der Waals surface area contributed by atoms with Crippen LogP contribution in [0.2, 0.25) is 0 Å². The number of nitrogens with zero attached hydrogens (tertiary/aromatic N) is 3. The van der Waals surface area contributed by atoms with Gasteiger partial charge in [-0.25, -0.2) is 0 Å². The van der Waals surface area contributed by atoms with E-state index in [9.17, 15) is 5.11 Å². The lowest BCUT2D eigenvalue weighted by atomic mass is 10.2. The zero-order valence-electron chi connectivity index (χ0n) is 10.8. The Bertz CT molecular complexity index is 522. The van der Waals surface area contributed by atoms with Gasteiger partial charge in [-0.1, -0.05) is 18.7 Å². The van der Waals surface area contributed by atoms with Crippen LogP contribution in [0.4, 0.5) is 0 Å². The van der Waals surface area contributed by atoms with Crippen molar-refractivity contribution in [1.82, 2.24) is 14.8 Å². The number of hydrogen-bond donors (Lipinski definition) is 1. The maximum absolute atomic E-state index is 9.67. The lowest BCUT2D eigenvalue weighted by Crippen LogP contribution is -1.98. The van der Waals surface area contributed by atoms with Crippen LogP contribution in [-0.2, 0) is 7.05 Å². The summed E-state index contributed by atoms with van der Waals surface area (Å²) in [4.78, 5) is 5.33. The lowest BCUT2D eigenvalue weighted by Gasteiger charge is -2.07. The van der Waals surface area contributed by atoms with Gasteiger partial charge < -0.3 is 5.11 Å². The molecule has 2 rings (SSSR count). The van der Waals surface area contributed by atoms with E-state index in [1.54, 1.807) is 18.0 Å². The van der Waals surface area contributed by atoms with Crippen LogP contribution in [0.25, 0.3) is 0 Å². The highest BCUT2D eigenvalue weighted by Crippen LogP contribution is 2.28. The van der Waals surface area contributed by atoms with Crippen molar-refractivity contribution in [2.75, 3.05) is 0 Å². The maximum atomic E-state index is 9.67. The number of aliphatic hydroxyl groups excluding tert-OH is 1. The van der Waals surface area contributed by atoms with E-state index in [0.717, 1.165) is 21.3 Å². The Kier molecular flexibility index (Phi) is 4.04. The van der Waals surface area contributed by atoms with Gasteiger partial charge in [0, 0.05) is 18.1 Å². The summed E-state index contributed by atoms with van der Waals surface area (Å²) in [6, 6.07) is 5.90. The molecule has 2 heterocycles. The molecule has 2 aromatic rings. The fraction of sp³-hybridized carbons (Fsp3) is 0.385. The first-order valence-electron chi connectivity index (χ1n) is 5.92. The van der Waals surface area contributed by atoms with Crippen LogP contribution < -0.4 is 0 Å². The predicted molar refractivity (Wildman–Crippen MR) is 71.6 cm³/mol. The molecule has 1 N–H and O–H groups in total. The van der Waals surface area contributed by atoms with Crippen molar-refractivity contribution >= 4 is 11.8 Å². The monoisotopic (exact) mass is 263 g/mol. The molecule has 0 aliphatic rings. The molecule has 2 aromatic heterocycles. The molecular formula is C13H17N3OS. The van der Waals surface area contributed by atoms with Crippen molar-refractivity contribution in [3.8, 4) is 0 Å². The third kappa shape index (κ3) is 2.91.